The summed E-state index contributed by atoms with van der Waals surface area (Å²) in [6.45, 7) is 3.15. The Morgan fingerprint density at radius 3 is 2.20 bits per heavy atom. The molecule has 0 N–H and O–H groups in total. The van der Waals surface area contributed by atoms with E-state index in [0.717, 1.165) is 11.1 Å². The third-order valence-electron chi connectivity index (χ3n) is 2.38. The summed E-state index contributed by atoms with van der Waals surface area (Å²) < 4.78 is 24.9. The molecular formula is C8H12F2. The van der Waals surface area contributed by atoms with Crippen LogP contribution in [0.5, 0.6) is 0 Å². The lowest BCUT2D eigenvalue weighted by molar-refractivity contribution is 0.317. The highest BCUT2D eigenvalue weighted by molar-refractivity contribution is 5.23. The summed E-state index contributed by atoms with van der Waals surface area (Å²) in [5.74, 6) is -0.144. The largest absolute Gasteiger partial charge is 0.250 e. The molecule has 58 valence electrons. The zero-order chi connectivity index (χ0) is 7.72. The predicted molar refractivity (Wildman–Crippen MR) is 37.4 cm³/mol. The van der Waals surface area contributed by atoms with Crippen molar-refractivity contribution in [3.05, 3.63) is 11.1 Å². The van der Waals surface area contributed by atoms with Crippen molar-refractivity contribution < 1.29 is 8.78 Å². The van der Waals surface area contributed by atoms with Crippen molar-refractivity contribution in [2.24, 2.45) is 5.92 Å². The highest BCUT2D eigenvalue weighted by Gasteiger charge is 2.28. The van der Waals surface area contributed by atoms with Gasteiger partial charge in [0.25, 0.3) is 0 Å². The first kappa shape index (κ1) is 7.70. The zero-order valence-electron chi connectivity index (χ0n) is 6.32. The average Bonchev–Trinajstić information content (AvgIpc) is 2.17. The molecule has 2 unspecified atom stereocenters. The first-order valence-electron chi connectivity index (χ1n) is 3.54. The topological polar surface area (TPSA) is 0 Å². The van der Waals surface area contributed by atoms with Gasteiger partial charge in [-0.05, 0) is 25.8 Å². The minimum atomic E-state index is -0.888. The molecular weight excluding hydrogens is 134 g/mol. The number of alkyl halides is 2. The summed E-state index contributed by atoms with van der Waals surface area (Å²) in [6.07, 6.45) is -0.533. The van der Waals surface area contributed by atoms with E-state index in [0.29, 0.717) is 6.42 Å². The van der Waals surface area contributed by atoms with Gasteiger partial charge >= 0.3 is 0 Å². The molecule has 1 aliphatic rings. The Morgan fingerprint density at radius 1 is 1.40 bits per heavy atom. The van der Waals surface area contributed by atoms with Crippen LogP contribution in [0.4, 0.5) is 8.78 Å². The zero-order valence-corrected chi connectivity index (χ0v) is 6.32. The molecule has 0 aliphatic heterocycles. The summed E-state index contributed by atoms with van der Waals surface area (Å²) >= 11 is 0. The molecule has 1 aliphatic carbocycles. The van der Waals surface area contributed by atoms with Gasteiger partial charge in [0.1, 0.15) is 6.17 Å². The van der Waals surface area contributed by atoms with Crippen LogP contribution >= 0.6 is 0 Å². The van der Waals surface area contributed by atoms with Crippen LogP contribution in [-0.2, 0) is 0 Å². The molecule has 0 saturated carbocycles. The Balaban J connectivity index is 2.73. The Kier molecular flexibility index (Phi) is 2.07. The fourth-order valence-electron chi connectivity index (χ4n) is 1.35. The first-order valence-corrected chi connectivity index (χ1v) is 3.54. The molecule has 0 amide bonds. The van der Waals surface area contributed by atoms with E-state index in [9.17, 15) is 8.78 Å². The molecule has 0 aromatic heterocycles. The van der Waals surface area contributed by atoms with Gasteiger partial charge in [0.15, 0.2) is 0 Å². The maximum Gasteiger partial charge on any atom is 0.122 e. The summed E-state index contributed by atoms with van der Waals surface area (Å²) in [7, 11) is 0. The van der Waals surface area contributed by atoms with E-state index in [-0.39, 0.29) is 5.92 Å². The lowest BCUT2D eigenvalue weighted by atomic mass is 10.0. The van der Waals surface area contributed by atoms with E-state index in [1.54, 1.807) is 6.92 Å². The number of allylic oxidation sites excluding steroid dienone is 2. The van der Waals surface area contributed by atoms with E-state index in [4.69, 9.17) is 0 Å². The van der Waals surface area contributed by atoms with Gasteiger partial charge in [-0.1, -0.05) is 5.57 Å². The van der Waals surface area contributed by atoms with Gasteiger partial charge in [-0.15, -0.1) is 0 Å². The van der Waals surface area contributed by atoms with E-state index < -0.39 is 12.8 Å². The lowest BCUT2D eigenvalue weighted by Crippen LogP contribution is -2.01. The number of rotatable bonds is 1. The highest BCUT2D eigenvalue weighted by atomic mass is 19.1. The van der Waals surface area contributed by atoms with Crippen molar-refractivity contribution in [3.63, 3.8) is 0 Å². The summed E-state index contributed by atoms with van der Waals surface area (Å²) in [4.78, 5) is 0. The second-order valence-electron chi connectivity index (χ2n) is 2.92. The quantitative estimate of drug-likeness (QED) is 0.499. The maximum absolute atomic E-state index is 12.8. The van der Waals surface area contributed by atoms with Gasteiger partial charge in [0.2, 0.25) is 0 Å². The van der Waals surface area contributed by atoms with Crippen molar-refractivity contribution in [1.29, 1.82) is 0 Å². The fraction of sp³-hybridized carbons (Fsp3) is 0.750. The normalized spacial score (nSPS) is 33.6. The predicted octanol–water partition coefficient (Wildman–Crippen LogP) is 2.65. The summed E-state index contributed by atoms with van der Waals surface area (Å²) in [6, 6.07) is 0. The van der Waals surface area contributed by atoms with Crippen LogP contribution in [0, 0.1) is 5.92 Å². The average molecular weight is 146 g/mol. The Bertz CT molecular complexity index is 161. The van der Waals surface area contributed by atoms with Crippen LogP contribution in [0.3, 0.4) is 0 Å². The third kappa shape index (κ3) is 1.07. The van der Waals surface area contributed by atoms with Gasteiger partial charge in [-0.2, -0.15) is 0 Å². The van der Waals surface area contributed by atoms with Crippen LogP contribution in [0.2, 0.25) is 0 Å². The summed E-state index contributed by atoms with van der Waals surface area (Å²) in [5, 5.41) is 0. The molecule has 10 heavy (non-hydrogen) atoms. The first-order chi connectivity index (χ1) is 4.66. The molecule has 1 rings (SSSR count). The SMILES string of the molecule is CC1=C(C)C(CF)CC1F. The Labute approximate surface area is 59.9 Å². The van der Waals surface area contributed by atoms with Crippen LogP contribution in [0.15, 0.2) is 11.1 Å². The molecule has 2 atom stereocenters. The van der Waals surface area contributed by atoms with Crippen LogP contribution in [-0.4, -0.2) is 12.8 Å². The molecule has 0 spiro atoms. The van der Waals surface area contributed by atoms with Crippen LogP contribution in [0.25, 0.3) is 0 Å². The van der Waals surface area contributed by atoms with Gasteiger partial charge < -0.3 is 0 Å². The molecule has 0 fully saturated rings. The summed E-state index contributed by atoms with van der Waals surface area (Å²) in [5.41, 5.74) is 1.65. The smallest absolute Gasteiger partial charge is 0.122 e. The third-order valence-corrected chi connectivity index (χ3v) is 2.38. The Morgan fingerprint density at radius 2 is 2.00 bits per heavy atom. The van der Waals surface area contributed by atoms with Gasteiger partial charge in [-0.3, -0.25) is 4.39 Å². The minimum Gasteiger partial charge on any atom is -0.250 e. The second-order valence-corrected chi connectivity index (χ2v) is 2.92. The molecule has 0 heterocycles. The number of halogens is 2. The molecule has 0 bridgehead atoms. The van der Waals surface area contributed by atoms with Crippen molar-refractivity contribution in [1.82, 2.24) is 0 Å². The van der Waals surface area contributed by atoms with Gasteiger partial charge in [0.05, 0.1) is 6.67 Å². The minimum absolute atomic E-state index is 0.144. The van der Waals surface area contributed by atoms with Gasteiger partial charge in [-0.25, -0.2) is 4.39 Å². The molecule has 0 aromatic rings. The van der Waals surface area contributed by atoms with Crippen LogP contribution in [0.1, 0.15) is 20.3 Å². The van der Waals surface area contributed by atoms with Crippen molar-refractivity contribution in [3.8, 4) is 0 Å². The molecule has 2 heteroatoms. The highest BCUT2D eigenvalue weighted by Crippen LogP contribution is 2.33. The van der Waals surface area contributed by atoms with Crippen molar-refractivity contribution in [2.75, 3.05) is 6.67 Å². The van der Waals surface area contributed by atoms with Crippen molar-refractivity contribution >= 4 is 0 Å². The van der Waals surface area contributed by atoms with Crippen molar-refractivity contribution in [2.45, 2.75) is 26.4 Å². The van der Waals surface area contributed by atoms with E-state index in [2.05, 4.69) is 0 Å². The maximum atomic E-state index is 12.8. The van der Waals surface area contributed by atoms with E-state index >= 15 is 0 Å². The molecule has 0 saturated heterocycles. The second kappa shape index (κ2) is 2.69. The monoisotopic (exact) mass is 146 g/mol. The lowest BCUT2D eigenvalue weighted by Gasteiger charge is -2.03. The van der Waals surface area contributed by atoms with E-state index in [1.807, 2.05) is 6.92 Å². The fourth-order valence-corrected chi connectivity index (χ4v) is 1.35. The molecule has 0 radical (unpaired) electrons. The number of hydrogen-bond acceptors (Lipinski definition) is 0. The standard InChI is InChI=1S/C8H12F2/c1-5-6(2)8(10)3-7(5)4-9/h7-8H,3-4H2,1-2H3. The molecule has 0 nitrogen and oxygen atoms in total. The number of hydrogen-bond donors (Lipinski definition) is 0. The van der Waals surface area contributed by atoms with E-state index in [1.165, 1.54) is 0 Å². The van der Waals surface area contributed by atoms with Gasteiger partial charge in [0, 0.05) is 5.92 Å². The van der Waals surface area contributed by atoms with Crippen LogP contribution < -0.4 is 0 Å². The molecule has 0 aromatic carbocycles. The Hall–Kier alpha value is -0.400.